The van der Waals surface area contributed by atoms with Crippen molar-refractivity contribution in [3.05, 3.63) is 0 Å². The molecule has 0 unspecified atom stereocenters. The Morgan fingerprint density at radius 2 is 2.12 bits per heavy atom. The second kappa shape index (κ2) is 2.77. The van der Waals surface area contributed by atoms with Gasteiger partial charge in [0, 0.05) is 5.25 Å². The van der Waals surface area contributed by atoms with Crippen molar-refractivity contribution in [2.75, 3.05) is 6.26 Å². The smallest absolute Gasteiger partial charge is 0.00495 e. The fourth-order valence-corrected chi connectivity index (χ4v) is 2.13. The molecule has 1 rings (SSSR count). The number of hydrogen-bond acceptors (Lipinski definition) is 1. The Morgan fingerprint density at radius 3 is 2.50 bits per heavy atom. The van der Waals surface area contributed by atoms with Crippen molar-refractivity contribution >= 4 is 11.8 Å². The van der Waals surface area contributed by atoms with Crippen LogP contribution in [0.5, 0.6) is 0 Å². The predicted octanol–water partition coefficient (Wildman–Crippen LogP) is 2.54. The number of hydrogen-bond donors (Lipinski definition) is 0. The van der Waals surface area contributed by atoms with Crippen LogP contribution in [-0.4, -0.2) is 11.5 Å². The first kappa shape index (κ1) is 6.47. The van der Waals surface area contributed by atoms with Crippen LogP contribution in [0.3, 0.4) is 0 Å². The summed E-state index contributed by atoms with van der Waals surface area (Å²) in [5.41, 5.74) is 0. The maximum atomic E-state index is 2.29. The predicted molar refractivity (Wildman–Crippen MR) is 40.3 cm³/mol. The molecule has 0 aliphatic heterocycles. The van der Waals surface area contributed by atoms with E-state index < -0.39 is 0 Å². The van der Waals surface area contributed by atoms with Crippen molar-refractivity contribution in [3.8, 4) is 0 Å². The Morgan fingerprint density at radius 1 is 1.50 bits per heavy atom. The molecular weight excluding hydrogens is 116 g/mol. The van der Waals surface area contributed by atoms with Crippen LogP contribution in [0.15, 0.2) is 0 Å². The molecule has 0 aromatic heterocycles. The molecule has 1 saturated carbocycles. The van der Waals surface area contributed by atoms with Crippen molar-refractivity contribution < 1.29 is 0 Å². The van der Waals surface area contributed by atoms with E-state index in [4.69, 9.17) is 0 Å². The van der Waals surface area contributed by atoms with Gasteiger partial charge in [0.2, 0.25) is 0 Å². The van der Waals surface area contributed by atoms with E-state index in [-0.39, 0.29) is 0 Å². The van der Waals surface area contributed by atoms with Crippen molar-refractivity contribution in [1.82, 2.24) is 0 Å². The maximum absolute atomic E-state index is 2.29. The van der Waals surface area contributed by atoms with Crippen LogP contribution in [0.1, 0.15) is 26.2 Å². The van der Waals surface area contributed by atoms with E-state index in [0.717, 1.165) is 11.2 Å². The highest BCUT2D eigenvalue weighted by molar-refractivity contribution is 7.99. The zero-order valence-corrected chi connectivity index (χ0v) is 6.50. The highest BCUT2D eigenvalue weighted by atomic mass is 32.2. The lowest BCUT2D eigenvalue weighted by Crippen LogP contribution is -2.24. The second-order valence-corrected chi connectivity index (χ2v) is 3.74. The topological polar surface area (TPSA) is 0 Å². The molecule has 1 aliphatic rings. The Hall–Kier alpha value is 0.350. The fraction of sp³-hybridized carbons (Fsp3) is 1.00. The first-order valence-electron chi connectivity index (χ1n) is 3.39. The molecule has 0 aromatic carbocycles. The van der Waals surface area contributed by atoms with Gasteiger partial charge in [-0.25, -0.2) is 0 Å². The molecule has 0 nitrogen and oxygen atoms in total. The molecule has 0 spiro atoms. The third-order valence-corrected chi connectivity index (χ3v) is 3.15. The molecule has 0 atom stereocenters. The molecule has 8 heavy (non-hydrogen) atoms. The number of rotatable bonds is 2. The Balaban J connectivity index is 2.03. The van der Waals surface area contributed by atoms with Gasteiger partial charge in [-0.3, -0.25) is 0 Å². The van der Waals surface area contributed by atoms with E-state index in [0.29, 0.717) is 0 Å². The molecular formula is C7H14S. The molecule has 0 saturated heterocycles. The molecule has 48 valence electrons. The molecule has 0 bridgehead atoms. The van der Waals surface area contributed by atoms with Crippen LogP contribution < -0.4 is 0 Å². The average molecular weight is 130 g/mol. The van der Waals surface area contributed by atoms with Gasteiger partial charge in [0.15, 0.2) is 0 Å². The minimum Gasteiger partial charge on any atom is -0.162 e. The maximum Gasteiger partial charge on any atom is 0.00495 e. The molecule has 0 heterocycles. The van der Waals surface area contributed by atoms with Gasteiger partial charge in [-0.15, -0.1) is 0 Å². The second-order valence-electron chi connectivity index (χ2n) is 2.60. The molecule has 1 aliphatic carbocycles. The average Bonchev–Trinajstić information content (AvgIpc) is 1.65. The van der Waals surface area contributed by atoms with Crippen molar-refractivity contribution in [2.45, 2.75) is 31.4 Å². The van der Waals surface area contributed by atoms with Gasteiger partial charge in [0.05, 0.1) is 0 Å². The van der Waals surface area contributed by atoms with Gasteiger partial charge in [-0.1, -0.05) is 13.3 Å². The zero-order chi connectivity index (χ0) is 5.98. The van der Waals surface area contributed by atoms with Crippen LogP contribution in [0, 0.1) is 5.92 Å². The highest BCUT2D eigenvalue weighted by Crippen LogP contribution is 2.37. The van der Waals surface area contributed by atoms with Crippen LogP contribution in [0.4, 0.5) is 0 Å². The lowest BCUT2D eigenvalue weighted by molar-refractivity contribution is 0.320. The first-order chi connectivity index (χ1) is 3.86. The molecule has 0 radical (unpaired) electrons. The lowest BCUT2D eigenvalue weighted by atomic mass is 9.83. The summed E-state index contributed by atoms with van der Waals surface area (Å²) in [6.07, 6.45) is 6.59. The largest absolute Gasteiger partial charge is 0.162 e. The summed E-state index contributed by atoms with van der Waals surface area (Å²) in [6.45, 7) is 2.29. The molecule has 0 amide bonds. The van der Waals surface area contributed by atoms with Gasteiger partial charge >= 0.3 is 0 Å². The normalized spacial score (nSPS) is 36.8. The third-order valence-electron chi connectivity index (χ3n) is 2.10. The summed E-state index contributed by atoms with van der Waals surface area (Å²) in [5.74, 6) is 1.08. The van der Waals surface area contributed by atoms with E-state index in [1.165, 1.54) is 19.3 Å². The fourth-order valence-electron chi connectivity index (χ4n) is 1.20. The van der Waals surface area contributed by atoms with Gasteiger partial charge < -0.3 is 0 Å². The van der Waals surface area contributed by atoms with E-state index in [9.17, 15) is 0 Å². The third kappa shape index (κ3) is 1.19. The minimum atomic E-state index is 1.01. The van der Waals surface area contributed by atoms with Crippen molar-refractivity contribution in [2.24, 2.45) is 5.92 Å². The summed E-state index contributed by atoms with van der Waals surface area (Å²) < 4.78 is 0. The molecule has 1 heteroatoms. The summed E-state index contributed by atoms with van der Waals surface area (Å²) in [5, 5.41) is 1.01. The standard InChI is InChI=1S/C7H14S/c1-3-6-4-7(5-6)8-2/h6-7H,3-5H2,1-2H3. The van der Waals surface area contributed by atoms with Gasteiger partial charge in [0.1, 0.15) is 0 Å². The van der Waals surface area contributed by atoms with Gasteiger partial charge in [-0.2, -0.15) is 11.8 Å². The monoisotopic (exact) mass is 130 g/mol. The molecule has 0 N–H and O–H groups in total. The Bertz CT molecular complexity index is 56.8. The summed E-state index contributed by atoms with van der Waals surface area (Å²) in [4.78, 5) is 0. The van der Waals surface area contributed by atoms with Crippen molar-refractivity contribution in [1.29, 1.82) is 0 Å². The van der Waals surface area contributed by atoms with E-state index >= 15 is 0 Å². The van der Waals surface area contributed by atoms with Gasteiger partial charge in [-0.05, 0) is 25.0 Å². The van der Waals surface area contributed by atoms with Crippen LogP contribution in [0.2, 0.25) is 0 Å². The van der Waals surface area contributed by atoms with Crippen LogP contribution in [-0.2, 0) is 0 Å². The number of thioether (sulfide) groups is 1. The van der Waals surface area contributed by atoms with Crippen LogP contribution >= 0.6 is 11.8 Å². The van der Waals surface area contributed by atoms with E-state index in [1.807, 2.05) is 11.8 Å². The molecule has 1 fully saturated rings. The molecule has 0 aromatic rings. The SMILES string of the molecule is CCC1CC(SC)C1. The van der Waals surface area contributed by atoms with Crippen molar-refractivity contribution in [3.63, 3.8) is 0 Å². The zero-order valence-electron chi connectivity index (χ0n) is 5.68. The van der Waals surface area contributed by atoms with E-state index in [1.54, 1.807) is 0 Å². The Labute approximate surface area is 56.0 Å². The Kier molecular flexibility index (Phi) is 2.24. The highest BCUT2D eigenvalue weighted by Gasteiger charge is 2.25. The summed E-state index contributed by atoms with van der Waals surface area (Å²) >= 11 is 2.03. The van der Waals surface area contributed by atoms with Crippen LogP contribution in [0.25, 0.3) is 0 Å². The first-order valence-corrected chi connectivity index (χ1v) is 4.68. The summed E-state index contributed by atoms with van der Waals surface area (Å²) in [7, 11) is 0. The quantitative estimate of drug-likeness (QED) is 0.553. The summed E-state index contributed by atoms with van der Waals surface area (Å²) in [6, 6.07) is 0. The lowest BCUT2D eigenvalue weighted by Gasteiger charge is -2.33. The minimum absolute atomic E-state index is 1.01. The van der Waals surface area contributed by atoms with Gasteiger partial charge in [0.25, 0.3) is 0 Å². The van der Waals surface area contributed by atoms with E-state index in [2.05, 4.69) is 13.2 Å².